The first-order valence-electron chi connectivity index (χ1n) is 7.29. The number of carbonyl (C=O) groups excluding carboxylic acids is 1. The maximum absolute atomic E-state index is 12.6. The zero-order valence-corrected chi connectivity index (χ0v) is 12.7. The Bertz CT molecular complexity index is 634. The summed E-state index contributed by atoms with van der Waals surface area (Å²) in [4.78, 5) is 12.6. The molecule has 1 amide bonds. The molecule has 3 rings (SSSR count). The molecule has 1 aromatic carbocycles. The third-order valence-electron chi connectivity index (χ3n) is 4.54. The normalized spacial score (nSPS) is 23.4. The van der Waals surface area contributed by atoms with Gasteiger partial charge in [0, 0.05) is 11.7 Å². The number of rotatable bonds is 3. The standard InChI is InChI=1S/C15H20N2O3S/c16-12-3-1-11(2-4-12)15(7-8-15)14(18)17-13-5-9-21(19,20)10-6-13/h1-4,13H,5-10,16H2,(H,17,18). The van der Waals surface area contributed by atoms with Gasteiger partial charge in [-0.2, -0.15) is 0 Å². The quantitative estimate of drug-likeness (QED) is 0.815. The minimum absolute atomic E-state index is 0.0210. The number of carbonyl (C=O) groups is 1. The minimum atomic E-state index is -2.89. The predicted octanol–water partition coefficient (Wildman–Crippen LogP) is 0.994. The third-order valence-corrected chi connectivity index (χ3v) is 6.25. The lowest BCUT2D eigenvalue weighted by molar-refractivity contribution is -0.124. The monoisotopic (exact) mass is 308 g/mol. The number of anilines is 1. The molecule has 1 saturated heterocycles. The number of hydrogen-bond donors (Lipinski definition) is 2. The van der Waals surface area contributed by atoms with Crippen LogP contribution in [0.3, 0.4) is 0 Å². The van der Waals surface area contributed by atoms with Gasteiger partial charge >= 0.3 is 0 Å². The summed E-state index contributed by atoms with van der Waals surface area (Å²) in [7, 11) is -2.89. The van der Waals surface area contributed by atoms with Crippen molar-refractivity contribution in [2.75, 3.05) is 17.2 Å². The van der Waals surface area contributed by atoms with E-state index < -0.39 is 15.3 Å². The summed E-state index contributed by atoms with van der Waals surface area (Å²) in [5, 5.41) is 3.04. The van der Waals surface area contributed by atoms with Gasteiger partial charge in [-0.25, -0.2) is 8.42 Å². The van der Waals surface area contributed by atoms with Crippen molar-refractivity contribution in [1.29, 1.82) is 0 Å². The second-order valence-electron chi connectivity index (χ2n) is 6.10. The smallest absolute Gasteiger partial charge is 0.230 e. The maximum Gasteiger partial charge on any atom is 0.230 e. The molecular formula is C15H20N2O3S. The minimum Gasteiger partial charge on any atom is -0.399 e. The van der Waals surface area contributed by atoms with Crippen molar-refractivity contribution in [3.05, 3.63) is 29.8 Å². The topological polar surface area (TPSA) is 89.3 Å². The Morgan fingerprint density at radius 3 is 2.24 bits per heavy atom. The Labute approximate surface area is 124 Å². The molecule has 21 heavy (non-hydrogen) atoms. The summed E-state index contributed by atoms with van der Waals surface area (Å²) < 4.78 is 22.8. The van der Waals surface area contributed by atoms with E-state index in [0.29, 0.717) is 18.5 Å². The molecule has 2 fully saturated rings. The molecule has 0 bridgehead atoms. The van der Waals surface area contributed by atoms with E-state index in [1.165, 1.54) is 0 Å². The highest BCUT2D eigenvalue weighted by Crippen LogP contribution is 2.48. The molecular weight excluding hydrogens is 288 g/mol. The Kier molecular flexibility index (Phi) is 3.43. The van der Waals surface area contributed by atoms with Crippen molar-refractivity contribution in [2.24, 2.45) is 0 Å². The first kappa shape index (κ1) is 14.4. The molecule has 5 nitrogen and oxygen atoms in total. The lowest BCUT2D eigenvalue weighted by atomic mass is 9.94. The van der Waals surface area contributed by atoms with E-state index >= 15 is 0 Å². The van der Waals surface area contributed by atoms with Crippen molar-refractivity contribution in [3.8, 4) is 0 Å². The average Bonchev–Trinajstić information content (AvgIpc) is 3.23. The zero-order chi connectivity index (χ0) is 15.1. The molecule has 0 unspecified atom stereocenters. The molecule has 114 valence electrons. The average molecular weight is 308 g/mol. The molecule has 0 spiro atoms. The van der Waals surface area contributed by atoms with Crippen molar-refractivity contribution in [3.63, 3.8) is 0 Å². The number of nitrogens with one attached hydrogen (secondary N) is 1. The van der Waals surface area contributed by atoms with E-state index in [1.807, 2.05) is 24.3 Å². The van der Waals surface area contributed by atoms with Gasteiger partial charge in [-0.1, -0.05) is 12.1 Å². The Morgan fingerprint density at radius 2 is 1.71 bits per heavy atom. The van der Waals surface area contributed by atoms with Crippen molar-refractivity contribution < 1.29 is 13.2 Å². The molecule has 0 aromatic heterocycles. The predicted molar refractivity (Wildman–Crippen MR) is 81.6 cm³/mol. The van der Waals surface area contributed by atoms with E-state index in [4.69, 9.17) is 5.73 Å². The first-order chi connectivity index (χ1) is 9.91. The third kappa shape index (κ3) is 2.90. The first-order valence-corrected chi connectivity index (χ1v) is 9.11. The molecule has 1 aliphatic heterocycles. The fraction of sp³-hybridized carbons (Fsp3) is 0.533. The van der Waals surface area contributed by atoms with E-state index in [0.717, 1.165) is 18.4 Å². The Balaban J connectivity index is 1.67. The van der Waals surface area contributed by atoms with Gasteiger partial charge in [0.1, 0.15) is 9.84 Å². The lowest BCUT2D eigenvalue weighted by Crippen LogP contribution is -2.45. The number of hydrogen-bond acceptors (Lipinski definition) is 4. The van der Waals surface area contributed by atoms with Gasteiger partial charge in [-0.15, -0.1) is 0 Å². The van der Waals surface area contributed by atoms with Crippen molar-refractivity contribution >= 4 is 21.4 Å². The molecule has 1 heterocycles. The molecule has 0 radical (unpaired) electrons. The van der Waals surface area contributed by atoms with Crippen LogP contribution in [0.25, 0.3) is 0 Å². The molecule has 0 atom stereocenters. The van der Waals surface area contributed by atoms with Crippen LogP contribution in [0.2, 0.25) is 0 Å². The summed E-state index contributed by atoms with van der Waals surface area (Å²) in [5.41, 5.74) is 6.94. The van der Waals surface area contributed by atoms with Gasteiger partial charge in [0.25, 0.3) is 0 Å². The lowest BCUT2D eigenvalue weighted by Gasteiger charge is -2.25. The van der Waals surface area contributed by atoms with Crippen LogP contribution in [0, 0.1) is 0 Å². The van der Waals surface area contributed by atoms with Gasteiger partial charge in [0.15, 0.2) is 0 Å². The van der Waals surface area contributed by atoms with Crippen molar-refractivity contribution in [2.45, 2.75) is 37.1 Å². The number of benzene rings is 1. The van der Waals surface area contributed by atoms with E-state index in [1.54, 1.807) is 0 Å². The Hall–Kier alpha value is -1.56. The SMILES string of the molecule is Nc1ccc(C2(C(=O)NC3CCS(=O)(=O)CC3)CC2)cc1. The van der Waals surface area contributed by atoms with Gasteiger partial charge in [-0.05, 0) is 43.4 Å². The number of sulfone groups is 1. The second-order valence-corrected chi connectivity index (χ2v) is 8.41. The van der Waals surface area contributed by atoms with E-state index in [-0.39, 0.29) is 23.5 Å². The van der Waals surface area contributed by atoms with Crippen LogP contribution in [-0.4, -0.2) is 31.9 Å². The van der Waals surface area contributed by atoms with Crippen LogP contribution < -0.4 is 11.1 Å². The fourth-order valence-corrected chi connectivity index (χ4v) is 4.42. The molecule has 1 aliphatic carbocycles. The highest BCUT2D eigenvalue weighted by atomic mass is 32.2. The maximum atomic E-state index is 12.6. The van der Waals surface area contributed by atoms with Crippen LogP contribution in [0.15, 0.2) is 24.3 Å². The summed E-state index contributed by atoms with van der Waals surface area (Å²) in [6.45, 7) is 0. The van der Waals surface area contributed by atoms with Crippen LogP contribution in [0.1, 0.15) is 31.2 Å². The van der Waals surface area contributed by atoms with Gasteiger partial charge < -0.3 is 11.1 Å². The number of nitrogens with two attached hydrogens (primary N) is 1. The number of nitrogen functional groups attached to an aromatic ring is 1. The van der Waals surface area contributed by atoms with Crippen LogP contribution in [-0.2, 0) is 20.0 Å². The van der Waals surface area contributed by atoms with Crippen LogP contribution in [0.5, 0.6) is 0 Å². The van der Waals surface area contributed by atoms with Crippen LogP contribution >= 0.6 is 0 Å². The summed E-state index contributed by atoms with van der Waals surface area (Å²) in [6, 6.07) is 7.43. The highest BCUT2D eigenvalue weighted by Gasteiger charge is 2.51. The molecule has 1 saturated carbocycles. The van der Waals surface area contributed by atoms with Crippen molar-refractivity contribution in [1.82, 2.24) is 5.32 Å². The summed E-state index contributed by atoms with van der Waals surface area (Å²) in [6.07, 6.45) is 2.72. The van der Waals surface area contributed by atoms with Gasteiger partial charge in [-0.3, -0.25) is 4.79 Å². The van der Waals surface area contributed by atoms with Gasteiger partial charge in [0.2, 0.25) is 5.91 Å². The molecule has 2 aliphatic rings. The fourth-order valence-electron chi connectivity index (χ4n) is 2.93. The molecule has 6 heteroatoms. The largest absolute Gasteiger partial charge is 0.399 e. The van der Waals surface area contributed by atoms with E-state index in [2.05, 4.69) is 5.32 Å². The van der Waals surface area contributed by atoms with Crippen LogP contribution in [0.4, 0.5) is 5.69 Å². The summed E-state index contributed by atoms with van der Waals surface area (Å²) in [5.74, 6) is 0.371. The summed E-state index contributed by atoms with van der Waals surface area (Å²) >= 11 is 0. The highest BCUT2D eigenvalue weighted by molar-refractivity contribution is 7.91. The number of amides is 1. The van der Waals surface area contributed by atoms with E-state index in [9.17, 15) is 13.2 Å². The second kappa shape index (κ2) is 5.02. The zero-order valence-electron chi connectivity index (χ0n) is 11.8. The van der Waals surface area contributed by atoms with Gasteiger partial charge in [0.05, 0.1) is 16.9 Å². The molecule has 1 aromatic rings. The Morgan fingerprint density at radius 1 is 1.14 bits per heavy atom. The molecule has 3 N–H and O–H groups in total.